The van der Waals surface area contributed by atoms with E-state index in [-0.39, 0.29) is 28.7 Å². The Labute approximate surface area is 129 Å². The molecule has 0 spiro atoms. The second-order valence-electron chi connectivity index (χ2n) is 4.08. The minimum Gasteiger partial charge on any atom is -0.495 e. The zero-order valence-corrected chi connectivity index (χ0v) is 13.7. The van der Waals surface area contributed by atoms with Crippen molar-refractivity contribution in [1.29, 1.82) is 0 Å². The highest BCUT2D eigenvalue weighted by molar-refractivity contribution is 9.10. The molecular weight excluding hydrogens is 364 g/mol. The highest BCUT2D eigenvalue weighted by Gasteiger charge is 2.21. The normalized spacial score (nSPS) is 11.6. The Morgan fingerprint density at radius 3 is 2.76 bits per heavy atom. The van der Waals surface area contributed by atoms with E-state index < -0.39 is 10.0 Å². The largest absolute Gasteiger partial charge is 0.495 e. The number of halogens is 1. The minimum absolute atomic E-state index is 0.0640. The van der Waals surface area contributed by atoms with Crippen LogP contribution in [0.1, 0.15) is 11.7 Å². The van der Waals surface area contributed by atoms with Crippen molar-refractivity contribution in [3.05, 3.63) is 28.3 Å². The van der Waals surface area contributed by atoms with Gasteiger partial charge in [0.15, 0.2) is 5.82 Å². The third-order valence-electron chi connectivity index (χ3n) is 2.56. The fourth-order valence-electron chi connectivity index (χ4n) is 1.57. The minimum atomic E-state index is -3.83. The van der Waals surface area contributed by atoms with Crippen LogP contribution in [0.3, 0.4) is 0 Å². The number of sulfonamides is 1. The van der Waals surface area contributed by atoms with Gasteiger partial charge in [-0.25, -0.2) is 13.1 Å². The number of ether oxygens (including phenoxy) is 1. The van der Waals surface area contributed by atoms with E-state index in [2.05, 4.69) is 30.8 Å². The van der Waals surface area contributed by atoms with Crippen LogP contribution in [0, 0.1) is 6.92 Å². The maximum atomic E-state index is 12.3. The number of rotatable bonds is 5. The first-order chi connectivity index (χ1) is 9.83. The van der Waals surface area contributed by atoms with Gasteiger partial charge in [-0.05, 0) is 28.1 Å². The molecule has 0 aliphatic carbocycles. The summed E-state index contributed by atoms with van der Waals surface area (Å²) >= 11 is 3.21. The van der Waals surface area contributed by atoms with E-state index in [0.29, 0.717) is 10.4 Å². The quantitative estimate of drug-likeness (QED) is 0.752. The molecule has 21 heavy (non-hydrogen) atoms. The van der Waals surface area contributed by atoms with Gasteiger partial charge in [-0.1, -0.05) is 5.16 Å². The van der Waals surface area contributed by atoms with E-state index in [1.165, 1.54) is 19.2 Å². The average molecular weight is 377 g/mol. The van der Waals surface area contributed by atoms with E-state index in [4.69, 9.17) is 15.0 Å². The maximum absolute atomic E-state index is 12.3. The summed E-state index contributed by atoms with van der Waals surface area (Å²) in [6.45, 7) is 1.52. The fraction of sp³-hybridized carbons (Fsp3) is 0.273. The first kappa shape index (κ1) is 15.7. The van der Waals surface area contributed by atoms with Crippen LogP contribution in [0.4, 0.5) is 5.69 Å². The topological polar surface area (TPSA) is 120 Å². The molecule has 0 aliphatic rings. The lowest BCUT2D eigenvalue weighted by molar-refractivity contribution is 0.386. The van der Waals surface area contributed by atoms with Crippen molar-refractivity contribution < 1.29 is 17.7 Å². The molecule has 0 aliphatic heterocycles. The molecule has 0 unspecified atom stereocenters. The zero-order chi connectivity index (χ0) is 15.6. The number of anilines is 1. The fourth-order valence-corrected chi connectivity index (χ4v) is 3.06. The summed E-state index contributed by atoms with van der Waals surface area (Å²) in [5.41, 5.74) is 6.00. The van der Waals surface area contributed by atoms with Crippen LogP contribution >= 0.6 is 15.9 Å². The van der Waals surface area contributed by atoms with Crippen LogP contribution in [-0.4, -0.2) is 25.7 Å². The summed E-state index contributed by atoms with van der Waals surface area (Å²) in [4.78, 5) is 3.85. The SMILES string of the molecule is COc1cc(Br)c(N)cc1S(=O)(=O)NCc1noc(C)n1. The summed E-state index contributed by atoms with van der Waals surface area (Å²) in [6, 6.07) is 2.80. The highest BCUT2D eigenvalue weighted by atomic mass is 79.9. The predicted molar refractivity (Wildman–Crippen MR) is 78.2 cm³/mol. The van der Waals surface area contributed by atoms with Crippen LogP contribution in [0.5, 0.6) is 5.75 Å². The lowest BCUT2D eigenvalue weighted by Gasteiger charge is -2.11. The molecule has 1 aromatic heterocycles. The van der Waals surface area contributed by atoms with Crippen molar-refractivity contribution in [2.75, 3.05) is 12.8 Å². The Kier molecular flexibility index (Phi) is 4.49. The van der Waals surface area contributed by atoms with E-state index >= 15 is 0 Å². The van der Waals surface area contributed by atoms with Crippen molar-refractivity contribution in [3.63, 3.8) is 0 Å². The summed E-state index contributed by atoms with van der Waals surface area (Å²) in [7, 11) is -2.45. The van der Waals surface area contributed by atoms with Crippen LogP contribution in [-0.2, 0) is 16.6 Å². The molecule has 0 amide bonds. The van der Waals surface area contributed by atoms with Crippen LogP contribution in [0.2, 0.25) is 0 Å². The van der Waals surface area contributed by atoms with E-state index in [0.717, 1.165) is 0 Å². The number of nitrogens with one attached hydrogen (secondary N) is 1. The Hall–Kier alpha value is -1.65. The van der Waals surface area contributed by atoms with Gasteiger partial charge in [-0.2, -0.15) is 4.98 Å². The first-order valence-corrected chi connectivity index (χ1v) is 8.03. The number of aryl methyl sites for hydroxylation is 1. The average Bonchev–Trinajstić information content (AvgIpc) is 2.85. The van der Waals surface area contributed by atoms with Crippen molar-refractivity contribution >= 4 is 31.6 Å². The Balaban J connectivity index is 2.28. The van der Waals surface area contributed by atoms with E-state index in [1.807, 2.05) is 0 Å². The van der Waals surface area contributed by atoms with Crippen molar-refractivity contribution in [2.24, 2.45) is 0 Å². The third-order valence-corrected chi connectivity index (χ3v) is 4.67. The molecule has 0 saturated heterocycles. The number of aromatic nitrogens is 2. The number of nitrogens with two attached hydrogens (primary N) is 1. The monoisotopic (exact) mass is 376 g/mol. The second kappa shape index (κ2) is 6.00. The molecule has 0 atom stereocenters. The summed E-state index contributed by atoms with van der Waals surface area (Å²) in [5, 5.41) is 3.61. The van der Waals surface area contributed by atoms with Crippen molar-refractivity contribution in [1.82, 2.24) is 14.9 Å². The zero-order valence-electron chi connectivity index (χ0n) is 11.3. The molecule has 0 bridgehead atoms. The number of methoxy groups -OCH3 is 1. The lowest BCUT2D eigenvalue weighted by Crippen LogP contribution is -2.24. The third kappa shape index (κ3) is 3.52. The molecule has 2 rings (SSSR count). The molecule has 2 aromatic rings. The molecule has 0 saturated carbocycles. The number of hydrogen-bond donors (Lipinski definition) is 2. The molecule has 1 aromatic carbocycles. The van der Waals surface area contributed by atoms with Gasteiger partial charge in [0.2, 0.25) is 15.9 Å². The first-order valence-electron chi connectivity index (χ1n) is 5.75. The number of benzene rings is 1. The Morgan fingerprint density at radius 1 is 1.48 bits per heavy atom. The van der Waals surface area contributed by atoms with Gasteiger partial charge in [0.1, 0.15) is 10.6 Å². The lowest BCUT2D eigenvalue weighted by atomic mass is 10.3. The smallest absolute Gasteiger partial charge is 0.244 e. The van der Waals surface area contributed by atoms with Gasteiger partial charge >= 0.3 is 0 Å². The summed E-state index contributed by atoms with van der Waals surface area (Å²) in [6.07, 6.45) is 0. The molecule has 0 radical (unpaired) electrons. The molecule has 114 valence electrons. The summed E-state index contributed by atoms with van der Waals surface area (Å²) < 4.78 is 37.4. The Morgan fingerprint density at radius 2 is 2.19 bits per heavy atom. The molecule has 0 fully saturated rings. The van der Waals surface area contributed by atoms with Crippen LogP contribution in [0.25, 0.3) is 0 Å². The van der Waals surface area contributed by atoms with Gasteiger partial charge in [0, 0.05) is 17.1 Å². The van der Waals surface area contributed by atoms with Crippen LogP contribution in [0.15, 0.2) is 26.0 Å². The summed E-state index contributed by atoms with van der Waals surface area (Å²) in [5.74, 6) is 0.766. The maximum Gasteiger partial charge on any atom is 0.244 e. The van der Waals surface area contributed by atoms with E-state index in [9.17, 15) is 8.42 Å². The highest BCUT2D eigenvalue weighted by Crippen LogP contribution is 2.32. The Bertz CT molecular complexity index is 760. The van der Waals surface area contributed by atoms with Gasteiger partial charge in [-0.15, -0.1) is 0 Å². The second-order valence-corrected chi connectivity index (χ2v) is 6.67. The van der Waals surface area contributed by atoms with Crippen molar-refractivity contribution in [3.8, 4) is 5.75 Å². The van der Waals surface area contributed by atoms with Crippen molar-refractivity contribution in [2.45, 2.75) is 18.4 Å². The molecular formula is C11H13BrN4O4S. The van der Waals surface area contributed by atoms with Gasteiger partial charge < -0.3 is 15.0 Å². The number of nitrogens with zero attached hydrogens (tertiary/aromatic N) is 2. The molecule has 8 nitrogen and oxygen atoms in total. The van der Waals surface area contributed by atoms with E-state index in [1.54, 1.807) is 6.92 Å². The molecule has 3 N–H and O–H groups in total. The number of nitrogen functional groups attached to an aromatic ring is 1. The van der Waals surface area contributed by atoms with Gasteiger partial charge in [-0.3, -0.25) is 0 Å². The standard InChI is InChI=1S/C11H13BrN4O4S/c1-6-15-11(16-20-6)5-14-21(17,18)10-4-8(13)7(12)3-9(10)19-2/h3-4,14H,5,13H2,1-2H3. The number of hydrogen-bond acceptors (Lipinski definition) is 7. The molecule has 1 heterocycles. The molecule has 10 heteroatoms. The predicted octanol–water partition coefficient (Wildman–Crippen LogP) is 1.21. The van der Waals surface area contributed by atoms with Gasteiger partial charge in [0.25, 0.3) is 0 Å². The van der Waals surface area contributed by atoms with Crippen LogP contribution < -0.4 is 15.2 Å². The van der Waals surface area contributed by atoms with Gasteiger partial charge in [0.05, 0.1) is 13.7 Å².